The van der Waals surface area contributed by atoms with E-state index in [1.807, 2.05) is 0 Å². The molecule has 1 rings (SSSR count). The summed E-state index contributed by atoms with van der Waals surface area (Å²) in [5.41, 5.74) is -1.66. The standard InChI is InChI=1S/C10H6F4O3/c11-9(12)5-1-6(3-15)8(17-10(13)14)7(2-5)4-16/h1-4,9-10H. The second-order valence-corrected chi connectivity index (χ2v) is 2.94. The Morgan fingerprint density at radius 2 is 1.47 bits per heavy atom. The summed E-state index contributed by atoms with van der Waals surface area (Å²) in [6.45, 7) is -3.26. The molecule has 0 aliphatic rings. The molecule has 0 N–H and O–H groups in total. The average Bonchev–Trinajstić information content (AvgIpc) is 2.28. The number of hydrogen-bond acceptors (Lipinski definition) is 3. The molecule has 1 aromatic carbocycles. The third kappa shape index (κ3) is 3.02. The lowest BCUT2D eigenvalue weighted by Gasteiger charge is -2.11. The van der Waals surface area contributed by atoms with Crippen molar-refractivity contribution in [2.45, 2.75) is 13.0 Å². The molecule has 1 aromatic rings. The molecule has 17 heavy (non-hydrogen) atoms. The van der Waals surface area contributed by atoms with Gasteiger partial charge >= 0.3 is 6.61 Å². The van der Waals surface area contributed by atoms with Crippen LogP contribution >= 0.6 is 0 Å². The van der Waals surface area contributed by atoms with Gasteiger partial charge in [-0.15, -0.1) is 0 Å². The molecule has 92 valence electrons. The molecule has 0 heterocycles. The molecular weight excluding hydrogens is 244 g/mol. The number of aldehydes is 2. The van der Waals surface area contributed by atoms with E-state index in [-0.39, 0.29) is 12.6 Å². The van der Waals surface area contributed by atoms with E-state index in [0.717, 1.165) is 0 Å². The molecule has 0 saturated heterocycles. The van der Waals surface area contributed by atoms with Gasteiger partial charge in [0.15, 0.2) is 12.6 Å². The van der Waals surface area contributed by atoms with Gasteiger partial charge in [0.1, 0.15) is 5.75 Å². The molecule has 0 spiro atoms. The van der Waals surface area contributed by atoms with E-state index in [1.54, 1.807) is 0 Å². The van der Waals surface area contributed by atoms with Crippen LogP contribution in [0, 0.1) is 0 Å². The van der Waals surface area contributed by atoms with Crippen LogP contribution in [0.1, 0.15) is 32.7 Å². The van der Waals surface area contributed by atoms with Gasteiger partial charge in [-0.25, -0.2) is 8.78 Å². The quantitative estimate of drug-likeness (QED) is 0.596. The van der Waals surface area contributed by atoms with Gasteiger partial charge in [0, 0.05) is 5.56 Å². The number of rotatable bonds is 5. The first-order chi connectivity index (χ1) is 7.99. The lowest BCUT2D eigenvalue weighted by molar-refractivity contribution is -0.0503. The van der Waals surface area contributed by atoms with Gasteiger partial charge in [-0.2, -0.15) is 8.78 Å². The number of benzene rings is 1. The van der Waals surface area contributed by atoms with E-state index in [9.17, 15) is 27.2 Å². The van der Waals surface area contributed by atoms with Crippen molar-refractivity contribution in [3.8, 4) is 5.75 Å². The Morgan fingerprint density at radius 3 is 1.76 bits per heavy atom. The molecule has 0 saturated carbocycles. The van der Waals surface area contributed by atoms with Gasteiger partial charge in [0.05, 0.1) is 11.1 Å². The first-order valence-electron chi connectivity index (χ1n) is 4.30. The molecule has 0 atom stereocenters. The molecule has 0 bridgehead atoms. The third-order valence-electron chi connectivity index (χ3n) is 1.88. The lowest BCUT2D eigenvalue weighted by Crippen LogP contribution is -2.08. The number of carbonyl (C=O) groups excluding carboxylic acids is 2. The molecule has 0 amide bonds. The zero-order chi connectivity index (χ0) is 13.0. The maximum Gasteiger partial charge on any atom is 0.387 e. The number of carbonyl (C=O) groups is 2. The fourth-order valence-corrected chi connectivity index (χ4v) is 1.22. The summed E-state index contributed by atoms with van der Waals surface area (Å²) in [5.74, 6) is -0.700. The van der Waals surface area contributed by atoms with Gasteiger partial charge < -0.3 is 4.74 Å². The normalized spacial score (nSPS) is 10.7. The Kier molecular flexibility index (Phi) is 4.19. The largest absolute Gasteiger partial charge is 0.433 e. The van der Waals surface area contributed by atoms with Crippen molar-refractivity contribution in [1.29, 1.82) is 0 Å². The molecule has 0 unspecified atom stereocenters. The first kappa shape index (κ1) is 13.1. The lowest BCUT2D eigenvalue weighted by atomic mass is 10.1. The van der Waals surface area contributed by atoms with Crippen molar-refractivity contribution >= 4 is 12.6 Å². The zero-order valence-electron chi connectivity index (χ0n) is 8.20. The molecule has 0 fully saturated rings. The minimum atomic E-state index is -3.26. The van der Waals surface area contributed by atoms with Crippen LogP contribution in [0.2, 0.25) is 0 Å². The minimum absolute atomic E-state index is 0.0661. The van der Waals surface area contributed by atoms with Crippen molar-refractivity contribution in [2.75, 3.05) is 0 Å². The zero-order valence-corrected chi connectivity index (χ0v) is 8.20. The van der Waals surface area contributed by atoms with Crippen LogP contribution in [0.5, 0.6) is 5.75 Å². The molecule has 7 heteroatoms. The fourth-order valence-electron chi connectivity index (χ4n) is 1.22. The molecule has 0 radical (unpaired) electrons. The summed E-state index contributed by atoms with van der Waals surface area (Å²) in [6, 6.07) is 1.39. The van der Waals surface area contributed by atoms with Crippen molar-refractivity contribution < 1.29 is 31.9 Å². The van der Waals surface area contributed by atoms with Crippen LogP contribution in [0.15, 0.2) is 12.1 Å². The number of ether oxygens (including phenoxy) is 1. The van der Waals surface area contributed by atoms with E-state index in [2.05, 4.69) is 4.74 Å². The van der Waals surface area contributed by atoms with E-state index >= 15 is 0 Å². The van der Waals surface area contributed by atoms with Crippen molar-refractivity contribution in [2.24, 2.45) is 0 Å². The Labute approximate surface area is 93.0 Å². The second-order valence-electron chi connectivity index (χ2n) is 2.94. The topological polar surface area (TPSA) is 43.4 Å². The van der Waals surface area contributed by atoms with Crippen molar-refractivity contribution in [3.05, 3.63) is 28.8 Å². The smallest absolute Gasteiger partial charge is 0.387 e. The predicted molar refractivity (Wildman–Crippen MR) is 48.8 cm³/mol. The summed E-state index contributed by atoms with van der Waals surface area (Å²) >= 11 is 0. The third-order valence-corrected chi connectivity index (χ3v) is 1.88. The fraction of sp³-hybridized carbons (Fsp3) is 0.200. The maximum atomic E-state index is 12.4. The number of alkyl halides is 4. The van der Waals surface area contributed by atoms with Gasteiger partial charge in [-0.1, -0.05) is 0 Å². The van der Waals surface area contributed by atoms with E-state index < -0.39 is 35.5 Å². The second kappa shape index (κ2) is 5.42. The van der Waals surface area contributed by atoms with Crippen molar-refractivity contribution in [1.82, 2.24) is 0 Å². The highest BCUT2D eigenvalue weighted by Gasteiger charge is 2.18. The van der Waals surface area contributed by atoms with Crippen molar-refractivity contribution in [3.63, 3.8) is 0 Å². The minimum Gasteiger partial charge on any atom is -0.433 e. The molecule has 3 nitrogen and oxygen atoms in total. The van der Waals surface area contributed by atoms with Crippen LogP contribution in [0.4, 0.5) is 17.6 Å². The maximum absolute atomic E-state index is 12.4. The Bertz CT molecular complexity index is 403. The Balaban J connectivity index is 3.35. The van der Waals surface area contributed by atoms with E-state index in [4.69, 9.17) is 0 Å². The molecular formula is C10H6F4O3. The summed E-state index contributed by atoms with van der Waals surface area (Å²) < 4.78 is 52.7. The SMILES string of the molecule is O=Cc1cc(C(F)F)cc(C=O)c1OC(F)F. The highest BCUT2D eigenvalue weighted by molar-refractivity contribution is 5.89. The summed E-state index contributed by atoms with van der Waals surface area (Å²) in [7, 11) is 0. The van der Waals surface area contributed by atoms with E-state index in [1.165, 1.54) is 0 Å². The Morgan fingerprint density at radius 1 is 1.00 bits per heavy atom. The molecule has 0 aromatic heterocycles. The number of hydrogen-bond donors (Lipinski definition) is 0. The average molecular weight is 250 g/mol. The van der Waals surface area contributed by atoms with Gasteiger partial charge in [-0.3, -0.25) is 9.59 Å². The highest BCUT2D eigenvalue weighted by atomic mass is 19.3. The summed E-state index contributed by atoms with van der Waals surface area (Å²) in [6.07, 6.45) is -2.79. The van der Waals surface area contributed by atoms with E-state index in [0.29, 0.717) is 12.1 Å². The van der Waals surface area contributed by atoms with Crippen LogP contribution < -0.4 is 4.74 Å². The van der Waals surface area contributed by atoms with Crippen LogP contribution in [0.25, 0.3) is 0 Å². The summed E-state index contributed by atoms with van der Waals surface area (Å²) in [5, 5.41) is 0. The monoisotopic (exact) mass is 250 g/mol. The van der Waals surface area contributed by atoms with Crippen LogP contribution in [-0.2, 0) is 0 Å². The predicted octanol–water partition coefficient (Wildman–Crippen LogP) is 2.85. The van der Waals surface area contributed by atoms with Gasteiger partial charge in [0.2, 0.25) is 0 Å². The highest BCUT2D eigenvalue weighted by Crippen LogP contribution is 2.29. The van der Waals surface area contributed by atoms with Gasteiger partial charge in [-0.05, 0) is 12.1 Å². The first-order valence-corrected chi connectivity index (χ1v) is 4.30. The summed E-state index contributed by atoms with van der Waals surface area (Å²) in [4.78, 5) is 21.1. The molecule has 0 aliphatic carbocycles. The Hall–Kier alpha value is -1.92. The molecule has 0 aliphatic heterocycles. The van der Waals surface area contributed by atoms with Gasteiger partial charge in [0.25, 0.3) is 6.43 Å². The van der Waals surface area contributed by atoms with Crippen LogP contribution in [0.3, 0.4) is 0 Å². The number of halogens is 4. The van der Waals surface area contributed by atoms with Crippen LogP contribution in [-0.4, -0.2) is 19.2 Å².